The van der Waals surface area contributed by atoms with Gasteiger partial charge in [-0.1, -0.05) is 84.7 Å². The topological polar surface area (TPSA) is 49.4 Å². The van der Waals surface area contributed by atoms with Crippen molar-refractivity contribution in [2.45, 2.75) is 51.7 Å². The molecule has 3 aromatic rings. The lowest BCUT2D eigenvalue weighted by atomic mass is 10.0. The van der Waals surface area contributed by atoms with Crippen molar-refractivity contribution < 1.29 is 9.59 Å². The van der Waals surface area contributed by atoms with Crippen LogP contribution in [0.2, 0.25) is 10.0 Å². The van der Waals surface area contributed by atoms with Gasteiger partial charge in [0, 0.05) is 29.1 Å². The summed E-state index contributed by atoms with van der Waals surface area (Å²) in [5, 5.41) is 4.27. The molecule has 0 aromatic heterocycles. The molecule has 2 amide bonds. The molecule has 0 unspecified atom stereocenters. The maximum Gasteiger partial charge on any atom is 0.243 e. The highest BCUT2D eigenvalue weighted by Gasteiger charge is 2.31. The van der Waals surface area contributed by atoms with E-state index in [4.69, 9.17) is 23.2 Å². The molecule has 0 saturated heterocycles. The molecule has 34 heavy (non-hydrogen) atoms. The molecule has 0 aliphatic rings. The second kappa shape index (κ2) is 12.6. The fourth-order valence-corrected chi connectivity index (χ4v) is 4.04. The SMILES string of the molecule is CC[C@H](C)NC(=O)[C@@H](Cc1ccccc1)N(Cc1ccc(Cl)cc1)C(=O)Cc1cccc(Cl)c1. The van der Waals surface area contributed by atoms with Crippen LogP contribution in [0.3, 0.4) is 0 Å². The van der Waals surface area contributed by atoms with Gasteiger partial charge in [-0.3, -0.25) is 9.59 Å². The Bertz CT molecular complexity index is 1090. The van der Waals surface area contributed by atoms with Crippen LogP contribution in [0.5, 0.6) is 0 Å². The smallest absolute Gasteiger partial charge is 0.243 e. The first-order valence-corrected chi connectivity index (χ1v) is 12.2. The number of nitrogens with zero attached hydrogens (tertiary/aromatic N) is 1. The highest BCUT2D eigenvalue weighted by Crippen LogP contribution is 2.19. The van der Waals surface area contributed by atoms with Crippen LogP contribution < -0.4 is 5.32 Å². The zero-order valence-electron chi connectivity index (χ0n) is 19.5. The molecule has 2 atom stereocenters. The molecular formula is C28H30Cl2N2O2. The number of halogens is 2. The van der Waals surface area contributed by atoms with Crippen molar-refractivity contribution in [3.8, 4) is 0 Å². The average molecular weight is 497 g/mol. The third-order valence-electron chi connectivity index (χ3n) is 5.78. The second-order valence-corrected chi connectivity index (χ2v) is 9.35. The summed E-state index contributed by atoms with van der Waals surface area (Å²) in [6.07, 6.45) is 1.37. The molecule has 0 fully saturated rings. The Labute approximate surface area is 211 Å². The molecule has 1 N–H and O–H groups in total. The minimum Gasteiger partial charge on any atom is -0.352 e. The summed E-state index contributed by atoms with van der Waals surface area (Å²) >= 11 is 12.2. The van der Waals surface area contributed by atoms with Gasteiger partial charge in [0.05, 0.1) is 6.42 Å². The van der Waals surface area contributed by atoms with Crippen molar-refractivity contribution in [1.82, 2.24) is 10.2 Å². The minimum atomic E-state index is -0.668. The van der Waals surface area contributed by atoms with E-state index in [1.807, 2.05) is 68.4 Å². The number of carbonyl (C=O) groups is 2. The van der Waals surface area contributed by atoms with E-state index in [0.717, 1.165) is 23.1 Å². The largest absolute Gasteiger partial charge is 0.352 e. The average Bonchev–Trinajstić information content (AvgIpc) is 2.83. The van der Waals surface area contributed by atoms with Gasteiger partial charge in [-0.2, -0.15) is 0 Å². The predicted molar refractivity (Wildman–Crippen MR) is 139 cm³/mol. The normalized spacial score (nSPS) is 12.6. The summed E-state index contributed by atoms with van der Waals surface area (Å²) < 4.78 is 0. The lowest BCUT2D eigenvalue weighted by Gasteiger charge is -2.32. The first kappa shape index (κ1) is 25.8. The van der Waals surface area contributed by atoms with E-state index in [-0.39, 0.29) is 24.3 Å². The van der Waals surface area contributed by atoms with Crippen molar-refractivity contribution in [3.05, 3.63) is 106 Å². The predicted octanol–water partition coefficient (Wildman–Crippen LogP) is 6.09. The minimum absolute atomic E-state index is 0.00573. The summed E-state index contributed by atoms with van der Waals surface area (Å²) in [7, 11) is 0. The van der Waals surface area contributed by atoms with Crippen molar-refractivity contribution in [2.75, 3.05) is 0 Å². The Morgan fingerprint density at radius 3 is 2.18 bits per heavy atom. The van der Waals surface area contributed by atoms with Gasteiger partial charge in [0.25, 0.3) is 0 Å². The molecule has 3 aromatic carbocycles. The molecule has 178 valence electrons. The van der Waals surface area contributed by atoms with Gasteiger partial charge < -0.3 is 10.2 Å². The van der Waals surface area contributed by atoms with Crippen molar-refractivity contribution in [2.24, 2.45) is 0 Å². The van der Waals surface area contributed by atoms with E-state index in [0.29, 0.717) is 23.0 Å². The number of benzene rings is 3. The summed E-state index contributed by atoms with van der Waals surface area (Å²) in [5.41, 5.74) is 2.70. The van der Waals surface area contributed by atoms with Gasteiger partial charge >= 0.3 is 0 Å². The number of carbonyl (C=O) groups excluding carboxylic acids is 2. The van der Waals surface area contributed by atoms with Crippen LogP contribution in [0.4, 0.5) is 0 Å². The first-order valence-electron chi connectivity index (χ1n) is 11.5. The summed E-state index contributed by atoms with van der Waals surface area (Å²) in [6, 6.07) is 23.7. The van der Waals surface area contributed by atoms with Crippen LogP contribution in [0.25, 0.3) is 0 Å². The van der Waals surface area contributed by atoms with Crippen molar-refractivity contribution >= 4 is 35.0 Å². The fraction of sp³-hybridized carbons (Fsp3) is 0.286. The Kier molecular flexibility index (Phi) is 9.55. The fourth-order valence-electron chi connectivity index (χ4n) is 3.70. The Morgan fingerprint density at radius 2 is 1.53 bits per heavy atom. The van der Waals surface area contributed by atoms with Gasteiger partial charge in [0.15, 0.2) is 0 Å². The van der Waals surface area contributed by atoms with Crippen LogP contribution in [0, 0.1) is 0 Å². The van der Waals surface area contributed by atoms with Gasteiger partial charge in [-0.05, 0) is 54.3 Å². The van der Waals surface area contributed by atoms with Gasteiger partial charge in [0.2, 0.25) is 11.8 Å². The van der Waals surface area contributed by atoms with Crippen LogP contribution >= 0.6 is 23.2 Å². The van der Waals surface area contributed by atoms with E-state index in [9.17, 15) is 9.59 Å². The maximum absolute atomic E-state index is 13.7. The molecule has 0 spiro atoms. The standard InChI is InChI=1S/C28H30Cl2N2O2/c1-3-20(2)31-28(34)26(17-21-8-5-4-6-9-21)32(19-22-12-14-24(29)15-13-22)27(33)18-23-10-7-11-25(30)16-23/h4-16,20,26H,3,17-19H2,1-2H3,(H,31,34)/t20-,26+/m0/s1. The molecule has 3 rings (SSSR count). The Hall–Kier alpha value is -2.82. The maximum atomic E-state index is 13.7. The van der Waals surface area contributed by atoms with Crippen LogP contribution in [0.1, 0.15) is 37.0 Å². The molecule has 0 radical (unpaired) electrons. The van der Waals surface area contributed by atoms with Crippen LogP contribution in [-0.2, 0) is 29.0 Å². The molecular weight excluding hydrogens is 467 g/mol. The van der Waals surface area contributed by atoms with E-state index in [1.54, 1.807) is 29.2 Å². The highest BCUT2D eigenvalue weighted by molar-refractivity contribution is 6.30. The molecule has 0 heterocycles. The third-order valence-corrected chi connectivity index (χ3v) is 6.27. The lowest BCUT2D eigenvalue weighted by Crippen LogP contribution is -2.52. The van der Waals surface area contributed by atoms with Gasteiger partial charge in [0.1, 0.15) is 6.04 Å². The van der Waals surface area contributed by atoms with E-state index < -0.39 is 6.04 Å². The number of amides is 2. The van der Waals surface area contributed by atoms with Gasteiger partial charge in [-0.15, -0.1) is 0 Å². The molecule has 0 aliphatic carbocycles. The van der Waals surface area contributed by atoms with Crippen LogP contribution in [-0.4, -0.2) is 28.8 Å². The highest BCUT2D eigenvalue weighted by atomic mass is 35.5. The monoisotopic (exact) mass is 496 g/mol. The zero-order chi connectivity index (χ0) is 24.5. The molecule has 0 bridgehead atoms. The third kappa shape index (κ3) is 7.61. The number of hydrogen-bond acceptors (Lipinski definition) is 2. The molecule has 4 nitrogen and oxygen atoms in total. The molecule has 6 heteroatoms. The quantitative estimate of drug-likeness (QED) is 0.369. The first-order chi connectivity index (χ1) is 16.4. The second-order valence-electron chi connectivity index (χ2n) is 8.48. The Balaban J connectivity index is 1.96. The summed E-state index contributed by atoms with van der Waals surface area (Å²) in [4.78, 5) is 28.8. The Morgan fingerprint density at radius 1 is 0.853 bits per heavy atom. The van der Waals surface area contributed by atoms with E-state index in [1.165, 1.54) is 0 Å². The molecule has 0 saturated carbocycles. The lowest BCUT2D eigenvalue weighted by molar-refractivity contribution is -0.141. The zero-order valence-corrected chi connectivity index (χ0v) is 21.0. The van der Waals surface area contributed by atoms with Crippen molar-refractivity contribution in [3.63, 3.8) is 0 Å². The number of rotatable bonds is 10. The van der Waals surface area contributed by atoms with Crippen LogP contribution in [0.15, 0.2) is 78.9 Å². The van der Waals surface area contributed by atoms with E-state index in [2.05, 4.69) is 5.32 Å². The van der Waals surface area contributed by atoms with Crippen molar-refractivity contribution in [1.29, 1.82) is 0 Å². The van der Waals surface area contributed by atoms with E-state index >= 15 is 0 Å². The summed E-state index contributed by atoms with van der Waals surface area (Å²) in [6.45, 7) is 4.28. The van der Waals surface area contributed by atoms with Gasteiger partial charge in [-0.25, -0.2) is 0 Å². The number of hydrogen-bond donors (Lipinski definition) is 1. The number of nitrogens with one attached hydrogen (secondary N) is 1. The summed E-state index contributed by atoms with van der Waals surface area (Å²) in [5.74, 6) is -0.302. The molecule has 0 aliphatic heterocycles.